The molecule has 0 fully saturated rings. The van der Waals surface area contributed by atoms with Crippen molar-refractivity contribution < 1.29 is 19.4 Å². The Morgan fingerprint density at radius 2 is 2.00 bits per heavy atom. The molecule has 122 valence electrons. The second-order valence-electron chi connectivity index (χ2n) is 5.92. The van der Waals surface area contributed by atoms with Crippen LogP contribution in [0, 0.1) is 12.8 Å². The lowest BCUT2D eigenvalue weighted by Crippen LogP contribution is -2.47. The van der Waals surface area contributed by atoms with Crippen LogP contribution in [0.3, 0.4) is 0 Å². The van der Waals surface area contributed by atoms with Crippen LogP contribution in [0.4, 0.5) is 0 Å². The van der Waals surface area contributed by atoms with Crippen molar-refractivity contribution in [3.63, 3.8) is 0 Å². The van der Waals surface area contributed by atoms with E-state index in [9.17, 15) is 14.7 Å². The average Bonchev–Trinajstić information content (AvgIpc) is 2.44. The van der Waals surface area contributed by atoms with E-state index in [2.05, 4.69) is 5.32 Å². The highest BCUT2D eigenvalue weighted by Gasteiger charge is 2.25. The molecule has 0 unspecified atom stereocenters. The van der Waals surface area contributed by atoms with E-state index >= 15 is 0 Å². The Balaban J connectivity index is 2.77. The number of amides is 1. The maximum Gasteiger partial charge on any atom is 0.328 e. The van der Waals surface area contributed by atoms with Gasteiger partial charge < -0.3 is 15.2 Å². The van der Waals surface area contributed by atoms with Crippen LogP contribution in [-0.4, -0.2) is 36.2 Å². The molecule has 0 aliphatic carbocycles. The summed E-state index contributed by atoms with van der Waals surface area (Å²) in [6, 6.07) is 6.89. The van der Waals surface area contributed by atoms with Gasteiger partial charge in [0.2, 0.25) is 5.91 Å². The summed E-state index contributed by atoms with van der Waals surface area (Å²) in [5.74, 6) is -0.877. The maximum atomic E-state index is 12.0. The van der Waals surface area contributed by atoms with Crippen LogP contribution in [0.2, 0.25) is 0 Å². The number of nitrogens with one attached hydrogen (secondary N) is 1. The van der Waals surface area contributed by atoms with Crippen molar-refractivity contribution >= 4 is 11.9 Å². The van der Waals surface area contributed by atoms with Crippen LogP contribution in [0.5, 0.6) is 0 Å². The second-order valence-corrected chi connectivity index (χ2v) is 5.92. The van der Waals surface area contributed by atoms with E-state index in [0.29, 0.717) is 12.8 Å². The molecule has 0 saturated carbocycles. The zero-order valence-corrected chi connectivity index (χ0v) is 13.6. The van der Waals surface area contributed by atoms with Crippen molar-refractivity contribution in [3.05, 3.63) is 35.4 Å². The Hall–Kier alpha value is -1.88. The first-order valence-corrected chi connectivity index (χ1v) is 7.45. The maximum absolute atomic E-state index is 12.0. The fourth-order valence-electron chi connectivity index (χ4n) is 2.23. The third-order valence-corrected chi connectivity index (χ3v) is 3.32. The van der Waals surface area contributed by atoms with E-state index in [1.165, 1.54) is 7.11 Å². The smallest absolute Gasteiger partial charge is 0.328 e. The summed E-state index contributed by atoms with van der Waals surface area (Å²) in [5, 5.41) is 12.4. The lowest BCUT2D eigenvalue weighted by Gasteiger charge is -2.19. The van der Waals surface area contributed by atoms with Gasteiger partial charge in [-0.15, -0.1) is 0 Å². The molecule has 5 nitrogen and oxygen atoms in total. The number of esters is 1. The van der Waals surface area contributed by atoms with E-state index in [0.717, 1.165) is 11.1 Å². The molecule has 0 heterocycles. The largest absolute Gasteiger partial charge is 0.467 e. The third-order valence-electron chi connectivity index (χ3n) is 3.32. The summed E-state index contributed by atoms with van der Waals surface area (Å²) in [7, 11) is 1.28. The molecule has 0 aliphatic heterocycles. The molecule has 0 spiro atoms. The average molecular weight is 307 g/mol. The Bertz CT molecular complexity index is 513. The van der Waals surface area contributed by atoms with Gasteiger partial charge >= 0.3 is 5.97 Å². The minimum absolute atomic E-state index is 0.189. The zero-order valence-electron chi connectivity index (χ0n) is 13.6. The molecule has 0 aromatic heterocycles. The first-order valence-electron chi connectivity index (χ1n) is 7.45. The molecule has 1 aromatic carbocycles. The van der Waals surface area contributed by atoms with Crippen LogP contribution in [0.25, 0.3) is 0 Å². The highest BCUT2D eigenvalue weighted by Crippen LogP contribution is 2.09. The predicted octanol–water partition coefficient (Wildman–Crippen LogP) is 1.60. The number of aryl methyl sites for hydroxylation is 1. The first kappa shape index (κ1) is 18.2. The Morgan fingerprint density at radius 3 is 2.55 bits per heavy atom. The van der Waals surface area contributed by atoms with Crippen molar-refractivity contribution in [1.82, 2.24) is 5.32 Å². The lowest BCUT2D eigenvalue weighted by atomic mass is 10.0. The number of aliphatic hydroxyl groups is 1. The summed E-state index contributed by atoms with van der Waals surface area (Å²) in [6.07, 6.45) is -0.441. The minimum atomic E-state index is -1.12. The van der Waals surface area contributed by atoms with Crippen LogP contribution in [0.1, 0.15) is 31.4 Å². The van der Waals surface area contributed by atoms with E-state index in [4.69, 9.17) is 4.74 Å². The lowest BCUT2D eigenvalue weighted by molar-refractivity contribution is -0.146. The summed E-state index contributed by atoms with van der Waals surface area (Å²) in [6.45, 7) is 5.80. The number of methoxy groups -OCH3 is 1. The molecule has 1 amide bonds. The highest BCUT2D eigenvalue weighted by molar-refractivity contribution is 5.87. The van der Waals surface area contributed by atoms with Crippen molar-refractivity contribution in [2.24, 2.45) is 5.92 Å². The molecule has 1 aromatic rings. The van der Waals surface area contributed by atoms with E-state index in [1.807, 2.05) is 45.0 Å². The molecule has 1 rings (SSSR count). The zero-order chi connectivity index (χ0) is 16.7. The number of aliphatic hydroxyl groups excluding tert-OH is 1. The molecule has 0 aliphatic rings. The van der Waals surface area contributed by atoms with Crippen LogP contribution in [0.15, 0.2) is 24.3 Å². The SMILES string of the molecule is COC(=O)[C@H](Cc1cccc(C)c1)NC(=O)[C@@H](O)CC(C)C. The van der Waals surface area contributed by atoms with Crippen molar-refractivity contribution in [1.29, 1.82) is 0 Å². The van der Waals surface area contributed by atoms with Crippen LogP contribution >= 0.6 is 0 Å². The van der Waals surface area contributed by atoms with Gasteiger partial charge in [-0.25, -0.2) is 4.79 Å². The molecule has 0 radical (unpaired) electrons. The van der Waals surface area contributed by atoms with Crippen molar-refractivity contribution in [2.75, 3.05) is 7.11 Å². The summed E-state index contributed by atoms with van der Waals surface area (Å²) in [4.78, 5) is 23.9. The number of hydrogen-bond donors (Lipinski definition) is 2. The quantitative estimate of drug-likeness (QED) is 0.750. The van der Waals surface area contributed by atoms with Gasteiger partial charge in [0.1, 0.15) is 12.1 Å². The van der Waals surface area contributed by atoms with Crippen molar-refractivity contribution in [3.8, 4) is 0 Å². The summed E-state index contributed by atoms with van der Waals surface area (Å²) in [5.41, 5.74) is 2.00. The molecule has 2 atom stereocenters. The van der Waals surface area contributed by atoms with Gasteiger partial charge in [-0.2, -0.15) is 0 Å². The molecule has 5 heteroatoms. The molecule has 0 bridgehead atoms. The van der Waals surface area contributed by atoms with Gasteiger partial charge in [0.25, 0.3) is 0 Å². The van der Waals surface area contributed by atoms with Gasteiger partial charge in [0.05, 0.1) is 7.11 Å². The summed E-state index contributed by atoms with van der Waals surface area (Å²) >= 11 is 0. The van der Waals surface area contributed by atoms with Gasteiger partial charge in [0.15, 0.2) is 0 Å². The second kappa shape index (κ2) is 8.54. The molecular formula is C17H25NO4. The molecular weight excluding hydrogens is 282 g/mol. The first-order chi connectivity index (χ1) is 10.3. The Morgan fingerprint density at radius 1 is 1.32 bits per heavy atom. The Labute approximate surface area is 131 Å². The van der Waals surface area contributed by atoms with Crippen molar-refractivity contribution in [2.45, 2.75) is 45.8 Å². The van der Waals surface area contributed by atoms with E-state index in [1.54, 1.807) is 0 Å². The minimum Gasteiger partial charge on any atom is -0.467 e. The van der Waals surface area contributed by atoms with Gasteiger partial charge in [-0.1, -0.05) is 43.7 Å². The van der Waals surface area contributed by atoms with Gasteiger partial charge in [0, 0.05) is 6.42 Å². The topological polar surface area (TPSA) is 75.6 Å². The highest BCUT2D eigenvalue weighted by atomic mass is 16.5. The number of rotatable bonds is 7. The number of carbonyl (C=O) groups is 2. The molecule has 2 N–H and O–H groups in total. The summed E-state index contributed by atoms with van der Waals surface area (Å²) < 4.78 is 4.74. The van der Waals surface area contributed by atoms with E-state index < -0.39 is 24.0 Å². The molecule has 0 saturated heterocycles. The van der Waals surface area contributed by atoms with Crippen LogP contribution in [-0.2, 0) is 20.7 Å². The van der Waals surface area contributed by atoms with Gasteiger partial charge in [-0.05, 0) is 24.8 Å². The number of hydrogen-bond acceptors (Lipinski definition) is 4. The van der Waals surface area contributed by atoms with Gasteiger partial charge in [-0.3, -0.25) is 4.79 Å². The third kappa shape index (κ3) is 5.85. The van der Waals surface area contributed by atoms with E-state index in [-0.39, 0.29) is 5.92 Å². The predicted molar refractivity (Wildman–Crippen MR) is 84.3 cm³/mol. The fraction of sp³-hybridized carbons (Fsp3) is 0.529. The number of benzene rings is 1. The Kier molecular flexibility index (Phi) is 7.05. The molecule has 22 heavy (non-hydrogen) atoms. The number of carbonyl (C=O) groups excluding carboxylic acids is 2. The fourth-order valence-corrected chi connectivity index (χ4v) is 2.23. The van der Waals surface area contributed by atoms with Crippen LogP contribution < -0.4 is 5.32 Å². The standard InChI is InChI=1S/C17H25NO4/c1-11(2)8-15(19)16(20)18-14(17(21)22-4)10-13-7-5-6-12(3)9-13/h5-7,9,11,14-15,19H,8,10H2,1-4H3,(H,18,20)/t14-,15-/m0/s1. The normalized spacial score (nSPS) is 13.5. The monoisotopic (exact) mass is 307 g/mol. The number of ether oxygens (including phenoxy) is 1.